The molecular weight excluding hydrogens is 288 g/mol. The van der Waals surface area contributed by atoms with E-state index >= 15 is 0 Å². The number of aliphatic carboxylic acids is 1. The van der Waals surface area contributed by atoms with Crippen LogP contribution in [0.3, 0.4) is 0 Å². The molecule has 0 aliphatic carbocycles. The minimum absolute atomic E-state index is 0.237. The lowest BCUT2D eigenvalue weighted by Crippen LogP contribution is -2.29. The molecule has 0 unspecified atom stereocenters. The minimum Gasteiger partial charge on any atom is -0.480 e. The number of aryl methyl sites for hydroxylation is 1. The Kier molecular flexibility index (Phi) is 4.36. The SMILES string of the molecule is Cc1cc(Cc2ccccc2)c([N+](=O)[O-])c(=O)n1CC(=O)O. The summed E-state index contributed by atoms with van der Waals surface area (Å²) >= 11 is 0. The average Bonchev–Trinajstić information content (AvgIpc) is 2.43. The molecule has 0 aliphatic heterocycles. The van der Waals surface area contributed by atoms with E-state index in [1.54, 1.807) is 19.1 Å². The van der Waals surface area contributed by atoms with E-state index in [0.717, 1.165) is 10.1 Å². The van der Waals surface area contributed by atoms with Gasteiger partial charge in [-0.2, -0.15) is 0 Å². The number of hydrogen-bond acceptors (Lipinski definition) is 4. The molecule has 2 rings (SSSR count). The van der Waals surface area contributed by atoms with Crippen LogP contribution < -0.4 is 5.56 Å². The van der Waals surface area contributed by atoms with Gasteiger partial charge in [-0.25, -0.2) is 0 Å². The molecule has 1 aromatic heterocycles. The summed E-state index contributed by atoms with van der Waals surface area (Å²) in [6.45, 7) is 0.958. The molecule has 0 bridgehead atoms. The highest BCUT2D eigenvalue weighted by atomic mass is 16.6. The van der Waals surface area contributed by atoms with Crippen molar-refractivity contribution in [2.24, 2.45) is 0 Å². The molecule has 0 radical (unpaired) electrons. The monoisotopic (exact) mass is 302 g/mol. The average molecular weight is 302 g/mol. The van der Waals surface area contributed by atoms with Gasteiger partial charge in [-0.05, 0) is 18.6 Å². The molecule has 1 heterocycles. The molecular formula is C15H14N2O5. The third-order valence-corrected chi connectivity index (χ3v) is 3.27. The van der Waals surface area contributed by atoms with Gasteiger partial charge in [0.15, 0.2) is 0 Å². The van der Waals surface area contributed by atoms with Crippen molar-refractivity contribution in [3.05, 3.63) is 73.7 Å². The van der Waals surface area contributed by atoms with Gasteiger partial charge >= 0.3 is 17.2 Å². The van der Waals surface area contributed by atoms with Crippen LogP contribution in [0.4, 0.5) is 5.69 Å². The van der Waals surface area contributed by atoms with Crippen molar-refractivity contribution in [3.8, 4) is 0 Å². The summed E-state index contributed by atoms with van der Waals surface area (Å²) < 4.78 is 0.898. The Morgan fingerprint density at radius 1 is 1.32 bits per heavy atom. The Hall–Kier alpha value is -2.96. The van der Waals surface area contributed by atoms with Gasteiger partial charge < -0.3 is 5.11 Å². The Morgan fingerprint density at radius 3 is 2.50 bits per heavy atom. The van der Waals surface area contributed by atoms with Crippen LogP contribution >= 0.6 is 0 Å². The van der Waals surface area contributed by atoms with Crippen molar-refractivity contribution >= 4 is 11.7 Å². The van der Waals surface area contributed by atoms with Gasteiger partial charge in [0.2, 0.25) is 0 Å². The second-order valence-electron chi connectivity index (χ2n) is 4.86. The van der Waals surface area contributed by atoms with Crippen molar-refractivity contribution in [2.75, 3.05) is 0 Å². The lowest BCUT2D eigenvalue weighted by atomic mass is 10.0. The number of pyridine rings is 1. The van der Waals surface area contributed by atoms with Gasteiger partial charge in [0.1, 0.15) is 6.54 Å². The Morgan fingerprint density at radius 2 is 1.95 bits per heavy atom. The number of nitrogens with zero attached hydrogens (tertiary/aromatic N) is 2. The van der Waals surface area contributed by atoms with Crippen LogP contribution in [0.2, 0.25) is 0 Å². The summed E-state index contributed by atoms with van der Waals surface area (Å²) in [5.74, 6) is -1.23. The molecule has 0 fully saturated rings. The fourth-order valence-corrected chi connectivity index (χ4v) is 2.30. The fraction of sp³-hybridized carbons (Fsp3) is 0.200. The predicted octanol–water partition coefficient (Wildman–Crippen LogP) is 1.74. The molecule has 7 heteroatoms. The molecule has 2 aromatic rings. The maximum atomic E-state index is 12.2. The lowest BCUT2D eigenvalue weighted by Gasteiger charge is -2.10. The van der Waals surface area contributed by atoms with Crippen LogP contribution in [0.25, 0.3) is 0 Å². The first-order chi connectivity index (χ1) is 10.4. The Bertz CT molecular complexity index is 781. The molecule has 0 saturated carbocycles. The molecule has 0 spiro atoms. The zero-order valence-electron chi connectivity index (χ0n) is 11.9. The highest BCUT2D eigenvalue weighted by Gasteiger charge is 2.23. The maximum absolute atomic E-state index is 12.2. The van der Waals surface area contributed by atoms with Gasteiger partial charge in [-0.3, -0.25) is 24.3 Å². The lowest BCUT2D eigenvalue weighted by molar-refractivity contribution is -0.387. The van der Waals surface area contributed by atoms with E-state index in [1.807, 2.05) is 18.2 Å². The molecule has 114 valence electrons. The van der Waals surface area contributed by atoms with Gasteiger partial charge in [-0.1, -0.05) is 30.3 Å². The van der Waals surface area contributed by atoms with E-state index in [9.17, 15) is 19.7 Å². The summed E-state index contributed by atoms with van der Waals surface area (Å²) in [7, 11) is 0. The number of benzene rings is 1. The number of carboxylic acid groups (broad SMARTS) is 1. The molecule has 0 saturated heterocycles. The number of nitro groups is 1. The topological polar surface area (TPSA) is 102 Å². The van der Waals surface area contributed by atoms with E-state index in [-0.39, 0.29) is 12.0 Å². The first-order valence-electron chi connectivity index (χ1n) is 6.53. The third kappa shape index (κ3) is 3.20. The van der Waals surface area contributed by atoms with Crippen LogP contribution in [0.1, 0.15) is 16.8 Å². The van der Waals surface area contributed by atoms with Crippen molar-refractivity contribution < 1.29 is 14.8 Å². The van der Waals surface area contributed by atoms with E-state index < -0.39 is 28.7 Å². The molecule has 1 N–H and O–H groups in total. The number of rotatable bonds is 5. The summed E-state index contributed by atoms with van der Waals surface area (Å²) in [5, 5.41) is 20.0. The van der Waals surface area contributed by atoms with E-state index in [2.05, 4.69) is 0 Å². The Balaban J connectivity index is 2.57. The quantitative estimate of drug-likeness (QED) is 0.669. The van der Waals surface area contributed by atoms with Crippen LogP contribution in [-0.4, -0.2) is 20.6 Å². The summed E-state index contributed by atoms with van der Waals surface area (Å²) in [6.07, 6.45) is 0.237. The number of hydrogen-bond donors (Lipinski definition) is 1. The fourth-order valence-electron chi connectivity index (χ4n) is 2.30. The minimum atomic E-state index is -1.23. The molecule has 0 aliphatic rings. The highest BCUT2D eigenvalue weighted by Crippen LogP contribution is 2.19. The normalized spacial score (nSPS) is 10.4. The predicted molar refractivity (Wildman–Crippen MR) is 79.0 cm³/mol. The van der Waals surface area contributed by atoms with Crippen molar-refractivity contribution in [2.45, 2.75) is 19.9 Å². The van der Waals surface area contributed by atoms with Crippen LogP contribution in [-0.2, 0) is 17.8 Å². The van der Waals surface area contributed by atoms with Crippen molar-refractivity contribution in [1.29, 1.82) is 0 Å². The smallest absolute Gasteiger partial charge is 0.337 e. The van der Waals surface area contributed by atoms with Gasteiger partial charge in [0.25, 0.3) is 0 Å². The standard InChI is InChI=1S/C15H14N2O5/c1-10-7-12(8-11-5-3-2-4-6-11)14(17(21)22)15(20)16(10)9-13(18)19/h2-7H,8-9H2,1H3,(H,18,19). The first-order valence-corrected chi connectivity index (χ1v) is 6.53. The van der Waals surface area contributed by atoms with Gasteiger partial charge in [0.05, 0.1) is 4.92 Å². The van der Waals surface area contributed by atoms with Crippen LogP contribution in [0.5, 0.6) is 0 Å². The second-order valence-corrected chi connectivity index (χ2v) is 4.86. The number of carboxylic acids is 1. The number of carbonyl (C=O) groups is 1. The number of aromatic nitrogens is 1. The third-order valence-electron chi connectivity index (χ3n) is 3.27. The zero-order chi connectivity index (χ0) is 16.3. The second kappa shape index (κ2) is 6.21. The molecule has 22 heavy (non-hydrogen) atoms. The first kappa shape index (κ1) is 15.4. The van der Waals surface area contributed by atoms with Crippen molar-refractivity contribution in [1.82, 2.24) is 4.57 Å². The van der Waals surface area contributed by atoms with Crippen LogP contribution in [0.15, 0.2) is 41.2 Å². The van der Waals surface area contributed by atoms with Crippen LogP contribution in [0, 0.1) is 17.0 Å². The largest absolute Gasteiger partial charge is 0.480 e. The highest BCUT2D eigenvalue weighted by molar-refractivity contribution is 5.66. The van der Waals surface area contributed by atoms with E-state index in [4.69, 9.17) is 5.11 Å². The van der Waals surface area contributed by atoms with Crippen molar-refractivity contribution in [3.63, 3.8) is 0 Å². The van der Waals surface area contributed by atoms with E-state index in [1.165, 1.54) is 6.07 Å². The summed E-state index contributed by atoms with van der Waals surface area (Å²) in [6, 6.07) is 10.5. The Labute approximate surface area is 125 Å². The zero-order valence-corrected chi connectivity index (χ0v) is 11.9. The summed E-state index contributed by atoms with van der Waals surface area (Å²) in [5.41, 5.74) is 0.0266. The molecule has 1 aromatic carbocycles. The van der Waals surface area contributed by atoms with Gasteiger partial charge in [-0.15, -0.1) is 0 Å². The van der Waals surface area contributed by atoms with Gasteiger partial charge in [0, 0.05) is 17.7 Å². The van der Waals surface area contributed by atoms with E-state index in [0.29, 0.717) is 5.69 Å². The summed E-state index contributed by atoms with van der Waals surface area (Å²) in [4.78, 5) is 33.5. The molecule has 0 atom stereocenters. The molecule has 0 amide bonds. The maximum Gasteiger partial charge on any atom is 0.337 e. The molecule has 7 nitrogen and oxygen atoms in total.